The quantitative estimate of drug-likeness (QED) is 0.810. The van der Waals surface area contributed by atoms with Crippen molar-refractivity contribution < 1.29 is 0 Å². The first kappa shape index (κ1) is 17.0. The van der Waals surface area contributed by atoms with Gasteiger partial charge in [-0.25, -0.2) is 0 Å². The number of benzene rings is 1. The van der Waals surface area contributed by atoms with Crippen LogP contribution in [0.2, 0.25) is 0 Å². The fourth-order valence-electron chi connectivity index (χ4n) is 2.25. The first-order valence-electron chi connectivity index (χ1n) is 8.14. The monoisotopic (exact) mass is 276 g/mol. The SMILES string of the molecule is CCCC.Cc1ccc(N2CCN(C(C)C)CC2)cc1. The summed E-state index contributed by atoms with van der Waals surface area (Å²) in [6, 6.07) is 9.55. The Kier molecular flexibility index (Phi) is 7.68. The predicted molar refractivity (Wildman–Crippen MR) is 90.7 cm³/mol. The van der Waals surface area contributed by atoms with Crippen LogP contribution in [-0.4, -0.2) is 37.1 Å². The summed E-state index contributed by atoms with van der Waals surface area (Å²) in [5.74, 6) is 0. The summed E-state index contributed by atoms with van der Waals surface area (Å²) in [6.07, 6.45) is 2.64. The molecular weight excluding hydrogens is 244 g/mol. The topological polar surface area (TPSA) is 6.48 Å². The normalized spacial score (nSPS) is 16.0. The second kappa shape index (κ2) is 9.02. The van der Waals surface area contributed by atoms with Gasteiger partial charge in [0.15, 0.2) is 0 Å². The Labute approximate surface area is 125 Å². The highest BCUT2D eigenvalue weighted by Crippen LogP contribution is 2.17. The van der Waals surface area contributed by atoms with Crippen LogP contribution in [0.15, 0.2) is 24.3 Å². The number of rotatable bonds is 3. The van der Waals surface area contributed by atoms with E-state index >= 15 is 0 Å². The van der Waals surface area contributed by atoms with Crippen molar-refractivity contribution in [1.29, 1.82) is 0 Å². The van der Waals surface area contributed by atoms with Gasteiger partial charge in [0.25, 0.3) is 0 Å². The van der Waals surface area contributed by atoms with E-state index in [1.807, 2.05) is 0 Å². The van der Waals surface area contributed by atoms with E-state index in [0.717, 1.165) is 13.1 Å². The molecule has 0 atom stereocenters. The number of hydrogen-bond acceptors (Lipinski definition) is 2. The molecule has 2 heteroatoms. The number of unbranched alkanes of at least 4 members (excludes halogenated alkanes) is 1. The third kappa shape index (κ3) is 5.54. The molecule has 1 heterocycles. The Balaban J connectivity index is 0.000000444. The van der Waals surface area contributed by atoms with Crippen molar-refractivity contribution in [2.45, 2.75) is 53.5 Å². The Morgan fingerprint density at radius 2 is 1.40 bits per heavy atom. The minimum absolute atomic E-state index is 0.681. The molecule has 0 N–H and O–H groups in total. The minimum atomic E-state index is 0.681. The molecule has 0 aromatic heterocycles. The summed E-state index contributed by atoms with van der Waals surface area (Å²) < 4.78 is 0. The molecule has 0 amide bonds. The van der Waals surface area contributed by atoms with Gasteiger partial charge >= 0.3 is 0 Å². The van der Waals surface area contributed by atoms with E-state index in [2.05, 4.69) is 68.7 Å². The molecule has 1 saturated heterocycles. The summed E-state index contributed by atoms with van der Waals surface area (Å²) in [4.78, 5) is 5.03. The van der Waals surface area contributed by atoms with Crippen molar-refractivity contribution in [3.8, 4) is 0 Å². The Morgan fingerprint density at radius 1 is 0.900 bits per heavy atom. The summed E-state index contributed by atoms with van der Waals surface area (Å²) in [6.45, 7) is 15.7. The fraction of sp³-hybridized carbons (Fsp3) is 0.667. The average molecular weight is 276 g/mol. The third-order valence-corrected chi connectivity index (χ3v) is 3.94. The van der Waals surface area contributed by atoms with Gasteiger partial charge in [-0.15, -0.1) is 0 Å². The van der Waals surface area contributed by atoms with E-state index < -0.39 is 0 Å². The van der Waals surface area contributed by atoms with E-state index in [-0.39, 0.29) is 0 Å². The zero-order valence-electron chi connectivity index (χ0n) is 14.0. The maximum Gasteiger partial charge on any atom is 0.0367 e. The zero-order valence-corrected chi connectivity index (χ0v) is 14.0. The summed E-state index contributed by atoms with van der Waals surface area (Å²) in [5.41, 5.74) is 2.71. The molecular formula is C18H32N2. The molecule has 0 saturated carbocycles. The van der Waals surface area contributed by atoms with E-state index in [4.69, 9.17) is 0 Å². The molecule has 0 unspecified atom stereocenters. The lowest BCUT2D eigenvalue weighted by molar-refractivity contribution is 0.209. The number of anilines is 1. The van der Waals surface area contributed by atoms with Gasteiger partial charge in [-0.3, -0.25) is 4.90 Å². The molecule has 2 nitrogen and oxygen atoms in total. The van der Waals surface area contributed by atoms with Gasteiger partial charge in [-0.2, -0.15) is 0 Å². The van der Waals surface area contributed by atoms with Gasteiger partial charge in [0, 0.05) is 37.9 Å². The first-order valence-corrected chi connectivity index (χ1v) is 8.14. The first-order chi connectivity index (χ1) is 9.58. The van der Waals surface area contributed by atoms with E-state index in [1.165, 1.54) is 37.2 Å². The lowest BCUT2D eigenvalue weighted by Crippen LogP contribution is -2.48. The molecule has 0 radical (unpaired) electrons. The van der Waals surface area contributed by atoms with Crippen LogP contribution >= 0.6 is 0 Å². The Hall–Kier alpha value is -1.02. The maximum absolute atomic E-state index is 2.55. The largest absolute Gasteiger partial charge is 0.369 e. The lowest BCUT2D eigenvalue weighted by Gasteiger charge is -2.38. The number of aryl methyl sites for hydroxylation is 1. The van der Waals surface area contributed by atoms with Crippen molar-refractivity contribution >= 4 is 5.69 Å². The van der Waals surface area contributed by atoms with Crippen LogP contribution in [0.3, 0.4) is 0 Å². The lowest BCUT2D eigenvalue weighted by atomic mass is 10.2. The van der Waals surface area contributed by atoms with Gasteiger partial charge in [-0.05, 0) is 32.9 Å². The van der Waals surface area contributed by atoms with Crippen LogP contribution < -0.4 is 4.90 Å². The van der Waals surface area contributed by atoms with E-state index in [1.54, 1.807) is 0 Å². The van der Waals surface area contributed by atoms with Crippen LogP contribution in [0, 0.1) is 6.92 Å². The molecule has 1 aliphatic heterocycles. The summed E-state index contributed by atoms with van der Waals surface area (Å²) in [5, 5.41) is 0. The molecule has 2 rings (SSSR count). The van der Waals surface area contributed by atoms with Crippen molar-refractivity contribution in [2.24, 2.45) is 0 Å². The smallest absolute Gasteiger partial charge is 0.0367 e. The molecule has 0 spiro atoms. The highest BCUT2D eigenvalue weighted by molar-refractivity contribution is 5.47. The minimum Gasteiger partial charge on any atom is -0.369 e. The maximum atomic E-state index is 2.55. The van der Waals surface area contributed by atoms with E-state index in [0.29, 0.717) is 6.04 Å². The Bertz CT molecular complexity index is 346. The molecule has 0 aliphatic carbocycles. The molecule has 1 aliphatic rings. The average Bonchev–Trinajstić information content (AvgIpc) is 2.48. The van der Waals surface area contributed by atoms with Crippen LogP contribution in [-0.2, 0) is 0 Å². The van der Waals surface area contributed by atoms with Crippen LogP contribution in [0.4, 0.5) is 5.69 Å². The summed E-state index contributed by atoms with van der Waals surface area (Å²) >= 11 is 0. The van der Waals surface area contributed by atoms with Crippen molar-refractivity contribution in [1.82, 2.24) is 4.90 Å². The fourth-order valence-corrected chi connectivity index (χ4v) is 2.25. The van der Waals surface area contributed by atoms with Crippen molar-refractivity contribution in [3.05, 3.63) is 29.8 Å². The zero-order chi connectivity index (χ0) is 15.0. The van der Waals surface area contributed by atoms with Crippen molar-refractivity contribution in [2.75, 3.05) is 31.1 Å². The molecule has 0 bridgehead atoms. The Morgan fingerprint density at radius 3 is 1.80 bits per heavy atom. The highest BCUT2D eigenvalue weighted by Gasteiger charge is 2.18. The molecule has 1 aromatic rings. The molecule has 114 valence electrons. The van der Waals surface area contributed by atoms with Gasteiger partial charge in [-0.1, -0.05) is 44.4 Å². The number of piperazine rings is 1. The second-order valence-electron chi connectivity index (χ2n) is 5.95. The molecule has 1 fully saturated rings. The van der Waals surface area contributed by atoms with Crippen LogP contribution in [0.25, 0.3) is 0 Å². The predicted octanol–water partition coefficient (Wildman–Crippen LogP) is 4.33. The molecule has 20 heavy (non-hydrogen) atoms. The van der Waals surface area contributed by atoms with Crippen LogP contribution in [0.1, 0.15) is 46.1 Å². The van der Waals surface area contributed by atoms with Crippen LogP contribution in [0.5, 0.6) is 0 Å². The third-order valence-electron chi connectivity index (χ3n) is 3.94. The van der Waals surface area contributed by atoms with Gasteiger partial charge in [0.1, 0.15) is 0 Å². The standard InChI is InChI=1S/C14H22N2.C4H10/c1-12(2)15-8-10-16(11-9-15)14-6-4-13(3)5-7-14;1-3-4-2/h4-7,12H,8-11H2,1-3H3;3-4H2,1-2H3. The van der Waals surface area contributed by atoms with Gasteiger partial charge < -0.3 is 4.90 Å². The summed E-state index contributed by atoms with van der Waals surface area (Å²) in [7, 11) is 0. The van der Waals surface area contributed by atoms with Gasteiger partial charge in [0.2, 0.25) is 0 Å². The number of hydrogen-bond donors (Lipinski definition) is 0. The molecule has 1 aromatic carbocycles. The number of nitrogens with zero attached hydrogens (tertiary/aromatic N) is 2. The van der Waals surface area contributed by atoms with E-state index in [9.17, 15) is 0 Å². The second-order valence-corrected chi connectivity index (χ2v) is 5.95. The van der Waals surface area contributed by atoms with Crippen molar-refractivity contribution in [3.63, 3.8) is 0 Å². The highest BCUT2D eigenvalue weighted by atomic mass is 15.3. The van der Waals surface area contributed by atoms with Gasteiger partial charge in [0.05, 0.1) is 0 Å².